The lowest BCUT2D eigenvalue weighted by atomic mass is 10.6. The SMILES string of the molecule is C[CH]C.[CH]1CC1. The van der Waals surface area contributed by atoms with Crippen molar-refractivity contribution in [1.82, 2.24) is 0 Å². The van der Waals surface area contributed by atoms with Crippen molar-refractivity contribution < 1.29 is 0 Å². The Labute approximate surface area is 40.6 Å². The van der Waals surface area contributed by atoms with E-state index in [0.717, 1.165) is 0 Å². The quantitative estimate of drug-likeness (QED) is 0.422. The average Bonchev–Trinajstić information content (AvgIpc) is 2.11. The molecule has 0 aromatic rings. The number of hydrogen-bond donors (Lipinski definition) is 0. The molecule has 0 aromatic heterocycles. The van der Waals surface area contributed by atoms with Crippen LogP contribution in [0, 0.1) is 12.8 Å². The Kier molecular flexibility index (Phi) is 5.00. The third-order valence-corrected chi connectivity index (χ3v) is 0.289. The van der Waals surface area contributed by atoms with E-state index in [0.29, 0.717) is 0 Å². The first-order chi connectivity index (χ1) is 2.91. The molecule has 0 nitrogen and oxygen atoms in total. The summed E-state index contributed by atoms with van der Waals surface area (Å²) in [5.74, 6) is 0. The van der Waals surface area contributed by atoms with Gasteiger partial charge < -0.3 is 0 Å². The maximum absolute atomic E-state index is 2.25. The molecule has 1 aliphatic rings. The molecule has 0 aliphatic heterocycles. The predicted octanol–water partition coefficient (Wildman–Crippen LogP) is 2.21. The first-order valence-electron chi connectivity index (χ1n) is 2.47. The lowest BCUT2D eigenvalue weighted by Gasteiger charge is -1.47. The summed E-state index contributed by atoms with van der Waals surface area (Å²) in [4.78, 5) is 0. The minimum absolute atomic E-state index is 1.38. The van der Waals surface area contributed by atoms with Crippen LogP contribution in [0.5, 0.6) is 0 Å². The zero-order valence-electron chi connectivity index (χ0n) is 4.57. The van der Waals surface area contributed by atoms with Crippen molar-refractivity contribution in [2.45, 2.75) is 26.7 Å². The standard InChI is InChI=1S/C3H5.C3H7/c1-2-3-1;1-3-2/h1H,2-3H2;3H,1-2H3. The minimum Gasteiger partial charge on any atom is -0.0625 e. The van der Waals surface area contributed by atoms with Crippen LogP contribution in [0.25, 0.3) is 0 Å². The van der Waals surface area contributed by atoms with Gasteiger partial charge in [-0.2, -0.15) is 0 Å². The first kappa shape index (κ1) is 6.00. The molecule has 0 amide bonds. The summed E-state index contributed by atoms with van der Waals surface area (Å²) in [6.07, 6.45) is 7.00. The Morgan fingerprint density at radius 2 is 1.50 bits per heavy atom. The summed E-state index contributed by atoms with van der Waals surface area (Å²) in [6.45, 7) is 4.00. The number of hydrogen-bond acceptors (Lipinski definition) is 0. The molecular weight excluding hydrogens is 72.1 g/mol. The van der Waals surface area contributed by atoms with Gasteiger partial charge in [-0.05, 0) is 25.7 Å². The summed E-state index contributed by atoms with van der Waals surface area (Å²) in [7, 11) is 0. The van der Waals surface area contributed by atoms with Crippen molar-refractivity contribution in [3.63, 3.8) is 0 Å². The molecule has 0 heteroatoms. The molecule has 0 N–H and O–H groups in total. The van der Waals surface area contributed by atoms with Crippen LogP contribution >= 0.6 is 0 Å². The van der Waals surface area contributed by atoms with E-state index in [2.05, 4.69) is 6.42 Å². The van der Waals surface area contributed by atoms with Crippen LogP contribution < -0.4 is 0 Å². The van der Waals surface area contributed by atoms with Crippen molar-refractivity contribution in [3.8, 4) is 0 Å². The molecule has 0 unspecified atom stereocenters. The number of rotatable bonds is 0. The summed E-state index contributed by atoms with van der Waals surface area (Å²) in [5.41, 5.74) is 0. The fraction of sp³-hybridized carbons (Fsp3) is 0.667. The highest BCUT2D eigenvalue weighted by molar-refractivity contribution is 4.79. The monoisotopic (exact) mass is 84.1 g/mol. The molecule has 0 heterocycles. The van der Waals surface area contributed by atoms with Crippen LogP contribution in [0.1, 0.15) is 26.7 Å². The molecule has 1 saturated carbocycles. The van der Waals surface area contributed by atoms with E-state index in [-0.39, 0.29) is 0 Å². The molecule has 0 bridgehead atoms. The summed E-state index contributed by atoms with van der Waals surface area (Å²) >= 11 is 0. The average molecular weight is 84.2 g/mol. The van der Waals surface area contributed by atoms with Crippen LogP contribution in [-0.4, -0.2) is 0 Å². The van der Waals surface area contributed by atoms with Crippen LogP contribution in [0.15, 0.2) is 0 Å². The van der Waals surface area contributed by atoms with Gasteiger partial charge in [-0.1, -0.05) is 13.8 Å². The van der Waals surface area contributed by atoms with E-state index in [1.54, 1.807) is 0 Å². The molecule has 1 rings (SSSR count). The molecule has 0 spiro atoms. The fourth-order valence-electron chi connectivity index (χ4n) is 0. The van der Waals surface area contributed by atoms with Gasteiger partial charge in [0.2, 0.25) is 0 Å². The first-order valence-corrected chi connectivity index (χ1v) is 2.47. The Bertz CT molecular complexity index is 11.2. The molecule has 0 saturated heterocycles. The normalized spacial score (nSPS) is 15.0. The second-order valence-corrected chi connectivity index (χ2v) is 1.44. The molecule has 0 atom stereocenters. The minimum atomic E-state index is 1.38. The van der Waals surface area contributed by atoms with E-state index in [1.807, 2.05) is 20.3 Å². The third kappa shape index (κ3) is 36.0. The van der Waals surface area contributed by atoms with E-state index in [1.165, 1.54) is 12.8 Å². The van der Waals surface area contributed by atoms with Gasteiger partial charge >= 0.3 is 0 Å². The van der Waals surface area contributed by atoms with Crippen molar-refractivity contribution in [3.05, 3.63) is 12.8 Å². The summed E-state index contributed by atoms with van der Waals surface area (Å²) < 4.78 is 0. The largest absolute Gasteiger partial charge is 0.0625 e. The van der Waals surface area contributed by atoms with Crippen LogP contribution in [0.2, 0.25) is 0 Å². The van der Waals surface area contributed by atoms with Gasteiger partial charge in [0, 0.05) is 0 Å². The third-order valence-electron chi connectivity index (χ3n) is 0.289. The zero-order chi connectivity index (χ0) is 4.83. The van der Waals surface area contributed by atoms with E-state index in [4.69, 9.17) is 0 Å². The molecular formula is C6H12. The van der Waals surface area contributed by atoms with Crippen molar-refractivity contribution in [2.75, 3.05) is 0 Å². The lowest BCUT2D eigenvalue weighted by Crippen LogP contribution is -1.30. The van der Waals surface area contributed by atoms with Crippen molar-refractivity contribution in [1.29, 1.82) is 0 Å². The van der Waals surface area contributed by atoms with Gasteiger partial charge in [0.25, 0.3) is 0 Å². The molecule has 1 fully saturated rings. The van der Waals surface area contributed by atoms with Crippen LogP contribution in [0.3, 0.4) is 0 Å². The highest BCUT2D eigenvalue weighted by Crippen LogP contribution is 2.12. The van der Waals surface area contributed by atoms with Crippen molar-refractivity contribution in [2.24, 2.45) is 0 Å². The van der Waals surface area contributed by atoms with Crippen LogP contribution in [-0.2, 0) is 0 Å². The Hall–Kier alpha value is 0. The van der Waals surface area contributed by atoms with Gasteiger partial charge in [0.15, 0.2) is 0 Å². The maximum Gasteiger partial charge on any atom is -0.0386 e. The highest BCUT2D eigenvalue weighted by Gasteiger charge is 1.95. The topological polar surface area (TPSA) is 0 Å². The molecule has 1 aliphatic carbocycles. The molecule has 36 valence electrons. The molecule has 6 heavy (non-hydrogen) atoms. The van der Waals surface area contributed by atoms with Gasteiger partial charge in [0.05, 0.1) is 0 Å². The Morgan fingerprint density at radius 3 is 1.50 bits per heavy atom. The second kappa shape index (κ2) is 5.00. The van der Waals surface area contributed by atoms with Crippen LogP contribution in [0.4, 0.5) is 0 Å². The lowest BCUT2D eigenvalue weighted by molar-refractivity contribution is 1.41. The van der Waals surface area contributed by atoms with E-state index in [9.17, 15) is 0 Å². The van der Waals surface area contributed by atoms with Crippen molar-refractivity contribution >= 4 is 0 Å². The Balaban J connectivity index is 0.0000000833. The summed E-state index contributed by atoms with van der Waals surface area (Å²) in [6, 6.07) is 0. The maximum atomic E-state index is 2.25. The smallest absolute Gasteiger partial charge is 0.0386 e. The molecule has 2 radical (unpaired) electrons. The van der Waals surface area contributed by atoms with Gasteiger partial charge in [-0.15, -0.1) is 0 Å². The molecule has 0 aromatic carbocycles. The van der Waals surface area contributed by atoms with Gasteiger partial charge in [-0.3, -0.25) is 0 Å². The predicted molar refractivity (Wildman–Crippen MR) is 29.2 cm³/mol. The fourth-order valence-corrected chi connectivity index (χ4v) is 0. The highest BCUT2D eigenvalue weighted by atomic mass is 14.0. The van der Waals surface area contributed by atoms with E-state index >= 15 is 0 Å². The summed E-state index contributed by atoms with van der Waals surface area (Å²) in [5, 5.41) is 0. The zero-order valence-corrected chi connectivity index (χ0v) is 4.57. The van der Waals surface area contributed by atoms with E-state index < -0.39 is 0 Å². The Morgan fingerprint density at radius 1 is 1.33 bits per heavy atom. The second-order valence-electron chi connectivity index (χ2n) is 1.44. The van der Waals surface area contributed by atoms with Gasteiger partial charge in [0.1, 0.15) is 0 Å². The van der Waals surface area contributed by atoms with Gasteiger partial charge in [-0.25, -0.2) is 0 Å².